The maximum absolute atomic E-state index is 13.4. The maximum atomic E-state index is 13.4. The first kappa shape index (κ1) is 13.2. The molecule has 1 nitrogen and oxygen atoms in total. The van der Waals surface area contributed by atoms with E-state index in [4.69, 9.17) is 0 Å². The Hall–Kier alpha value is -0.890. The first-order valence-electron chi connectivity index (χ1n) is 6.19. The Balaban J connectivity index is 2.23. The highest BCUT2D eigenvalue weighted by molar-refractivity contribution is 5.24. The van der Waals surface area contributed by atoms with Gasteiger partial charge in [-0.15, -0.1) is 0 Å². The fraction of sp³-hybridized carbons (Fsp3) is 0.571. The number of nitrogens with one attached hydrogen (secondary N) is 1. The minimum Gasteiger partial charge on any atom is -0.317 e. The molecule has 1 aromatic carbocycles. The van der Waals surface area contributed by atoms with Crippen LogP contribution in [0.3, 0.4) is 0 Å². The highest BCUT2D eigenvalue weighted by atomic mass is 19.1. The third-order valence-corrected chi connectivity index (χ3v) is 2.68. The molecule has 2 heteroatoms. The molecule has 0 aromatic heterocycles. The van der Waals surface area contributed by atoms with Crippen LogP contribution in [0.2, 0.25) is 0 Å². The molecular formula is C14H22FN. The summed E-state index contributed by atoms with van der Waals surface area (Å²) in [4.78, 5) is 0. The van der Waals surface area contributed by atoms with Gasteiger partial charge < -0.3 is 5.32 Å². The molecule has 16 heavy (non-hydrogen) atoms. The normalized spacial score (nSPS) is 10.7. The van der Waals surface area contributed by atoms with Gasteiger partial charge >= 0.3 is 0 Å². The molecule has 0 aliphatic carbocycles. The van der Waals surface area contributed by atoms with E-state index < -0.39 is 0 Å². The van der Waals surface area contributed by atoms with Gasteiger partial charge in [0, 0.05) is 0 Å². The van der Waals surface area contributed by atoms with Crippen molar-refractivity contribution >= 4 is 0 Å². The van der Waals surface area contributed by atoms with Gasteiger partial charge in [-0.2, -0.15) is 0 Å². The molecule has 0 spiro atoms. The molecule has 0 heterocycles. The number of rotatable bonds is 7. The van der Waals surface area contributed by atoms with Crippen molar-refractivity contribution in [3.8, 4) is 0 Å². The summed E-state index contributed by atoms with van der Waals surface area (Å²) < 4.78 is 13.4. The Morgan fingerprint density at radius 2 is 2.00 bits per heavy atom. The summed E-state index contributed by atoms with van der Waals surface area (Å²) in [6.45, 7) is 6.29. The maximum Gasteiger partial charge on any atom is 0.126 e. The molecule has 0 atom stereocenters. The summed E-state index contributed by atoms with van der Waals surface area (Å²) in [6, 6.07) is 5.34. The van der Waals surface area contributed by atoms with Gasteiger partial charge in [-0.1, -0.05) is 24.6 Å². The van der Waals surface area contributed by atoms with Crippen LogP contribution in [0, 0.1) is 12.7 Å². The van der Waals surface area contributed by atoms with Gasteiger partial charge in [-0.25, -0.2) is 4.39 Å². The summed E-state index contributed by atoms with van der Waals surface area (Å²) in [5, 5.41) is 3.35. The molecule has 0 amide bonds. The highest BCUT2D eigenvalue weighted by Crippen LogP contribution is 2.12. The van der Waals surface area contributed by atoms with Crippen molar-refractivity contribution in [1.29, 1.82) is 0 Å². The number of hydrogen-bond donors (Lipinski definition) is 1. The van der Waals surface area contributed by atoms with Crippen molar-refractivity contribution in [2.45, 2.75) is 39.5 Å². The zero-order valence-corrected chi connectivity index (χ0v) is 10.4. The van der Waals surface area contributed by atoms with Crippen molar-refractivity contribution in [3.05, 3.63) is 35.1 Å². The van der Waals surface area contributed by atoms with Crippen LogP contribution in [0.5, 0.6) is 0 Å². The lowest BCUT2D eigenvalue weighted by Gasteiger charge is -2.05. The lowest BCUT2D eigenvalue weighted by Crippen LogP contribution is -2.15. The van der Waals surface area contributed by atoms with Crippen LogP contribution in [0.4, 0.5) is 4.39 Å². The molecule has 0 bridgehead atoms. The summed E-state index contributed by atoms with van der Waals surface area (Å²) in [7, 11) is 0. The highest BCUT2D eigenvalue weighted by Gasteiger charge is 2.01. The molecule has 0 aliphatic heterocycles. The Labute approximate surface area is 98.1 Å². The van der Waals surface area contributed by atoms with Crippen LogP contribution in [-0.2, 0) is 6.42 Å². The second-order valence-electron chi connectivity index (χ2n) is 4.30. The SMILES string of the molecule is CCCNCCCCc1cc(C)ccc1F. The second-order valence-corrected chi connectivity index (χ2v) is 4.30. The monoisotopic (exact) mass is 223 g/mol. The third-order valence-electron chi connectivity index (χ3n) is 2.68. The molecule has 0 radical (unpaired) electrons. The molecule has 0 unspecified atom stereocenters. The van der Waals surface area contributed by atoms with Gasteiger partial charge in [0.1, 0.15) is 5.82 Å². The van der Waals surface area contributed by atoms with Crippen LogP contribution in [0.1, 0.15) is 37.3 Å². The number of halogens is 1. The number of unbranched alkanes of at least 4 members (excludes halogenated alkanes) is 1. The predicted molar refractivity (Wildman–Crippen MR) is 67.2 cm³/mol. The largest absolute Gasteiger partial charge is 0.317 e. The van der Waals surface area contributed by atoms with E-state index in [0.29, 0.717) is 0 Å². The van der Waals surface area contributed by atoms with E-state index in [-0.39, 0.29) is 5.82 Å². The summed E-state index contributed by atoms with van der Waals surface area (Å²) in [5.41, 5.74) is 2.00. The molecular weight excluding hydrogens is 201 g/mol. The van der Waals surface area contributed by atoms with Gasteiger partial charge in [0.05, 0.1) is 0 Å². The van der Waals surface area contributed by atoms with Gasteiger partial charge in [-0.3, -0.25) is 0 Å². The second kappa shape index (κ2) is 7.39. The zero-order chi connectivity index (χ0) is 11.8. The molecule has 1 rings (SSSR count). The molecule has 0 fully saturated rings. The van der Waals surface area contributed by atoms with Gasteiger partial charge in [-0.05, 0) is 57.3 Å². The summed E-state index contributed by atoms with van der Waals surface area (Å²) in [6.07, 6.45) is 4.19. The average molecular weight is 223 g/mol. The molecule has 1 N–H and O–H groups in total. The zero-order valence-electron chi connectivity index (χ0n) is 10.4. The Morgan fingerprint density at radius 3 is 2.75 bits per heavy atom. The number of hydrogen-bond acceptors (Lipinski definition) is 1. The predicted octanol–water partition coefficient (Wildman–Crippen LogP) is 3.46. The third kappa shape index (κ3) is 4.75. The van der Waals surface area contributed by atoms with E-state index >= 15 is 0 Å². The number of aryl methyl sites for hydroxylation is 2. The summed E-state index contributed by atoms with van der Waals surface area (Å²) >= 11 is 0. The molecule has 0 saturated heterocycles. The lowest BCUT2D eigenvalue weighted by molar-refractivity contribution is 0.585. The molecule has 0 saturated carbocycles. The van der Waals surface area contributed by atoms with Crippen LogP contribution in [0.25, 0.3) is 0 Å². The Kier molecular flexibility index (Phi) is 6.09. The minimum absolute atomic E-state index is 0.0629. The first-order chi connectivity index (χ1) is 7.74. The van der Waals surface area contributed by atoms with Gasteiger partial charge in [0.25, 0.3) is 0 Å². The van der Waals surface area contributed by atoms with Crippen molar-refractivity contribution in [3.63, 3.8) is 0 Å². The summed E-state index contributed by atoms with van der Waals surface area (Å²) in [5.74, 6) is -0.0629. The van der Waals surface area contributed by atoms with Crippen LogP contribution in [0.15, 0.2) is 18.2 Å². The van der Waals surface area contributed by atoms with E-state index in [1.54, 1.807) is 6.07 Å². The first-order valence-corrected chi connectivity index (χ1v) is 6.19. The fourth-order valence-electron chi connectivity index (χ4n) is 1.76. The standard InChI is InChI=1S/C14H22FN/c1-3-9-16-10-5-4-6-13-11-12(2)7-8-14(13)15/h7-8,11,16H,3-6,9-10H2,1-2H3. The smallest absolute Gasteiger partial charge is 0.126 e. The van der Waals surface area contributed by atoms with E-state index in [9.17, 15) is 4.39 Å². The van der Waals surface area contributed by atoms with Crippen molar-refractivity contribution in [2.75, 3.05) is 13.1 Å². The Bertz CT molecular complexity index is 310. The molecule has 0 aliphatic rings. The fourth-order valence-corrected chi connectivity index (χ4v) is 1.76. The van der Waals surface area contributed by atoms with Crippen molar-refractivity contribution in [1.82, 2.24) is 5.32 Å². The Morgan fingerprint density at radius 1 is 1.19 bits per heavy atom. The van der Waals surface area contributed by atoms with E-state index in [1.807, 2.05) is 19.1 Å². The quantitative estimate of drug-likeness (QED) is 0.698. The average Bonchev–Trinajstić information content (AvgIpc) is 2.28. The van der Waals surface area contributed by atoms with E-state index in [1.165, 1.54) is 6.42 Å². The van der Waals surface area contributed by atoms with Crippen molar-refractivity contribution in [2.24, 2.45) is 0 Å². The van der Waals surface area contributed by atoms with Crippen LogP contribution >= 0.6 is 0 Å². The van der Waals surface area contributed by atoms with Crippen LogP contribution in [-0.4, -0.2) is 13.1 Å². The molecule has 90 valence electrons. The topological polar surface area (TPSA) is 12.0 Å². The van der Waals surface area contributed by atoms with Gasteiger partial charge in [0.15, 0.2) is 0 Å². The van der Waals surface area contributed by atoms with Gasteiger partial charge in [0.2, 0.25) is 0 Å². The lowest BCUT2D eigenvalue weighted by atomic mass is 10.1. The van der Waals surface area contributed by atoms with Crippen molar-refractivity contribution < 1.29 is 4.39 Å². The minimum atomic E-state index is -0.0629. The number of benzene rings is 1. The van der Waals surface area contributed by atoms with E-state index in [2.05, 4.69) is 12.2 Å². The van der Waals surface area contributed by atoms with E-state index in [0.717, 1.165) is 43.5 Å². The molecule has 1 aromatic rings. The van der Waals surface area contributed by atoms with Crippen LogP contribution < -0.4 is 5.32 Å².